The molecular weight excluding hydrogens is 529 g/mol. The molecule has 0 amide bonds. The fourth-order valence-corrected chi connectivity index (χ4v) is 4.35. The number of hydrogen-bond donors (Lipinski definition) is 0. The summed E-state index contributed by atoms with van der Waals surface area (Å²) >= 11 is 0. The fourth-order valence-electron chi connectivity index (χ4n) is 3.45. The third-order valence-corrected chi connectivity index (χ3v) is 6.82. The largest absolute Gasteiger partial charge is 0.492 e. The van der Waals surface area contributed by atoms with Crippen molar-refractivity contribution >= 4 is 16.1 Å². The van der Waals surface area contributed by atoms with Gasteiger partial charge in [0.25, 0.3) is 0 Å². The van der Waals surface area contributed by atoms with E-state index in [4.69, 9.17) is 4.74 Å². The van der Waals surface area contributed by atoms with Crippen molar-refractivity contribution in [3.63, 3.8) is 0 Å². The predicted molar refractivity (Wildman–Crippen MR) is 97.0 cm³/mol. The van der Waals surface area contributed by atoms with Crippen LogP contribution >= 0.6 is 0 Å². The number of likely N-dealkylation sites (tertiary alicyclic amines) is 1. The highest BCUT2D eigenvalue weighted by Gasteiger charge is 2.86. The zero-order chi connectivity index (χ0) is 26.6. The molecule has 3 rings (SSSR count). The van der Waals surface area contributed by atoms with Gasteiger partial charge in [0.1, 0.15) is 18.1 Å². The van der Waals surface area contributed by atoms with Crippen molar-refractivity contribution < 1.29 is 66.4 Å². The standard InChI is InChI=1S/C18H16F9NO6S/c1-32-14(29)10-6-28(7-10)11-4-9-2-3-12(5-13(9)33-8-11)34-35(30,31)18(26,27)16(21,22)15(19,20)17(23,24)25/h2-3,5,10-11H,4,6-8H2,1H3. The van der Waals surface area contributed by atoms with E-state index < -0.39 is 45.1 Å². The molecule has 2 heterocycles. The number of alkyl halides is 9. The van der Waals surface area contributed by atoms with Crippen LogP contribution in [-0.4, -0.2) is 75.4 Å². The zero-order valence-electron chi connectivity index (χ0n) is 17.4. The summed E-state index contributed by atoms with van der Waals surface area (Å²) in [5, 5.41) is -6.96. The van der Waals surface area contributed by atoms with Crippen LogP contribution in [0.25, 0.3) is 0 Å². The van der Waals surface area contributed by atoms with Crippen molar-refractivity contribution in [1.82, 2.24) is 4.90 Å². The monoisotopic (exact) mass is 545 g/mol. The molecule has 2 aliphatic heterocycles. The summed E-state index contributed by atoms with van der Waals surface area (Å²) in [5.74, 6) is -16.7. The Balaban J connectivity index is 1.74. The number of benzene rings is 1. The normalized spacial score (nSPS) is 20.5. The van der Waals surface area contributed by atoms with Gasteiger partial charge in [-0.15, -0.1) is 0 Å². The molecule has 1 fully saturated rings. The number of ether oxygens (including phenoxy) is 2. The van der Waals surface area contributed by atoms with Crippen molar-refractivity contribution in [3.05, 3.63) is 23.8 Å². The molecule has 1 atom stereocenters. The molecule has 0 aliphatic carbocycles. The minimum atomic E-state index is -7.39. The van der Waals surface area contributed by atoms with E-state index in [1.165, 1.54) is 7.11 Å². The second-order valence-electron chi connectivity index (χ2n) is 7.81. The average Bonchev–Trinajstić information content (AvgIpc) is 2.71. The summed E-state index contributed by atoms with van der Waals surface area (Å²) in [4.78, 5) is 13.3. The van der Waals surface area contributed by atoms with Crippen molar-refractivity contribution in [2.24, 2.45) is 5.92 Å². The maximum atomic E-state index is 13.8. The molecule has 0 radical (unpaired) electrons. The summed E-state index contributed by atoms with van der Waals surface area (Å²) in [6, 6.07) is 2.29. The molecule has 17 heteroatoms. The Morgan fingerprint density at radius 2 is 1.63 bits per heavy atom. The number of esters is 1. The molecule has 0 N–H and O–H groups in total. The number of nitrogens with zero attached hydrogens (tertiary/aromatic N) is 1. The van der Waals surface area contributed by atoms with Gasteiger partial charge in [0.05, 0.1) is 13.0 Å². The summed E-state index contributed by atoms with van der Waals surface area (Å²) in [7, 11) is -5.81. The molecule has 1 saturated heterocycles. The number of carbonyl (C=O) groups excluding carboxylic acids is 1. The quantitative estimate of drug-likeness (QED) is 0.296. The van der Waals surface area contributed by atoms with Gasteiger partial charge >= 0.3 is 39.4 Å². The number of carbonyl (C=O) groups is 1. The van der Waals surface area contributed by atoms with E-state index in [9.17, 15) is 52.7 Å². The SMILES string of the molecule is COC(=O)C1CN(C2COc3cc(OS(=O)(=O)C(F)(F)C(F)(F)C(F)(F)C(F)(F)F)ccc3C2)C1. The molecule has 35 heavy (non-hydrogen) atoms. The van der Waals surface area contributed by atoms with Crippen molar-refractivity contribution in [2.45, 2.75) is 35.7 Å². The number of hydrogen-bond acceptors (Lipinski definition) is 7. The first-order chi connectivity index (χ1) is 15.9. The number of fused-ring (bicyclic) bond motifs is 1. The number of rotatable bonds is 7. The van der Waals surface area contributed by atoms with Crippen LogP contribution in [0.3, 0.4) is 0 Å². The van der Waals surface area contributed by atoms with Gasteiger partial charge < -0.3 is 13.7 Å². The summed E-state index contributed by atoms with van der Waals surface area (Å²) in [5.41, 5.74) is 0.396. The Labute approximate surface area is 191 Å². The topological polar surface area (TPSA) is 82.1 Å². The van der Waals surface area contributed by atoms with E-state index in [-0.39, 0.29) is 30.7 Å². The second kappa shape index (κ2) is 8.60. The Bertz CT molecular complexity index is 1090. The van der Waals surface area contributed by atoms with Crippen LogP contribution in [-0.2, 0) is 26.1 Å². The molecular formula is C18H16F9NO6S. The van der Waals surface area contributed by atoms with E-state index in [1.807, 2.05) is 4.90 Å². The predicted octanol–water partition coefficient (Wildman–Crippen LogP) is 3.23. The molecule has 1 unspecified atom stereocenters. The van der Waals surface area contributed by atoms with E-state index in [0.717, 1.165) is 6.07 Å². The van der Waals surface area contributed by atoms with E-state index >= 15 is 0 Å². The van der Waals surface area contributed by atoms with Gasteiger partial charge in [0.2, 0.25) is 0 Å². The maximum Gasteiger partial charge on any atom is 0.460 e. The molecule has 0 aromatic heterocycles. The number of halogens is 9. The van der Waals surface area contributed by atoms with Crippen LogP contribution in [0.1, 0.15) is 5.56 Å². The van der Waals surface area contributed by atoms with Crippen LogP contribution < -0.4 is 8.92 Å². The molecule has 7 nitrogen and oxygen atoms in total. The Hall–Kier alpha value is -2.43. The summed E-state index contributed by atoms with van der Waals surface area (Å²) < 4.78 is 154. The van der Waals surface area contributed by atoms with Gasteiger partial charge in [0, 0.05) is 25.2 Å². The van der Waals surface area contributed by atoms with Crippen LogP contribution in [0.15, 0.2) is 18.2 Å². The molecule has 0 spiro atoms. The van der Waals surface area contributed by atoms with Gasteiger partial charge in [-0.1, -0.05) is 6.07 Å². The first-order valence-corrected chi connectivity index (χ1v) is 11.0. The lowest BCUT2D eigenvalue weighted by atomic mass is 9.93. The van der Waals surface area contributed by atoms with Gasteiger partial charge in [0.15, 0.2) is 0 Å². The highest BCUT2D eigenvalue weighted by Crippen LogP contribution is 2.55. The zero-order valence-corrected chi connectivity index (χ0v) is 18.2. The van der Waals surface area contributed by atoms with Gasteiger partial charge in [-0.25, -0.2) is 0 Å². The van der Waals surface area contributed by atoms with Gasteiger partial charge in [-0.05, 0) is 18.1 Å². The highest BCUT2D eigenvalue weighted by molar-refractivity contribution is 7.88. The van der Waals surface area contributed by atoms with Crippen molar-refractivity contribution in [2.75, 3.05) is 26.8 Å². The maximum absolute atomic E-state index is 13.8. The summed E-state index contributed by atoms with van der Waals surface area (Å²) in [6.45, 7) is 0.742. The Morgan fingerprint density at radius 1 is 1.03 bits per heavy atom. The molecule has 2 aliphatic rings. The lowest BCUT2D eigenvalue weighted by Gasteiger charge is -2.44. The van der Waals surface area contributed by atoms with Crippen LogP contribution in [0.2, 0.25) is 0 Å². The minimum absolute atomic E-state index is 0.0108. The van der Waals surface area contributed by atoms with Crippen molar-refractivity contribution in [3.8, 4) is 11.5 Å². The first-order valence-electron chi connectivity index (χ1n) is 9.57. The van der Waals surface area contributed by atoms with Crippen molar-refractivity contribution in [1.29, 1.82) is 0 Å². The second-order valence-corrected chi connectivity index (χ2v) is 9.40. The van der Waals surface area contributed by atoms with Crippen LogP contribution in [0.5, 0.6) is 11.5 Å². The highest BCUT2D eigenvalue weighted by atomic mass is 32.2. The molecule has 1 aromatic rings. The van der Waals surface area contributed by atoms with Gasteiger partial charge in [-0.3, -0.25) is 9.69 Å². The summed E-state index contributed by atoms with van der Waals surface area (Å²) in [6.07, 6.45) is -6.90. The van der Waals surface area contributed by atoms with Crippen LogP contribution in [0.4, 0.5) is 39.5 Å². The Morgan fingerprint density at radius 3 is 2.17 bits per heavy atom. The number of methoxy groups -OCH3 is 1. The van der Waals surface area contributed by atoms with E-state index in [0.29, 0.717) is 30.8 Å². The molecule has 1 aromatic carbocycles. The van der Waals surface area contributed by atoms with E-state index in [2.05, 4.69) is 8.92 Å². The van der Waals surface area contributed by atoms with Gasteiger partial charge in [-0.2, -0.15) is 47.9 Å². The van der Waals surface area contributed by atoms with E-state index in [1.54, 1.807) is 0 Å². The third kappa shape index (κ3) is 4.47. The molecule has 198 valence electrons. The lowest BCUT2D eigenvalue weighted by Crippen LogP contribution is -2.63. The lowest BCUT2D eigenvalue weighted by molar-refractivity contribution is -0.382. The smallest absolute Gasteiger partial charge is 0.460 e. The third-order valence-electron chi connectivity index (χ3n) is 5.52. The molecule has 0 saturated carbocycles. The molecule has 0 bridgehead atoms. The van der Waals surface area contributed by atoms with Crippen LogP contribution in [0, 0.1) is 5.92 Å². The average molecular weight is 545 g/mol. The first kappa shape index (κ1) is 27.2. The minimum Gasteiger partial charge on any atom is -0.492 e. The Kier molecular flexibility index (Phi) is 6.67. The fraction of sp³-hybridized carbons (Fsp3) is 0.611.